The number of nitrogens with zero attached hydrogens (tertiary/aromatic N) is 2. The third kappa shape index (κ3) is 4.94. The van der Waals surface area contributed by atoms with E-state index in [1.54, 1.807) is 12.1 Å². The number of rotatable bonds is 5. The molecule has 0 radical (unpaired) electrons. The summed E-state index contributed by atoms with van der Waals surface area (Å²) in [7, 11) is 0. The second-order valence-corrected chi connectivity index (χ2v) is 5.42. The average molecular weight is 358 g/mol. The van der Waals surface area contributed by atoms with Crippen LogP contribution < -0.4 is 0 Å². The summed E-state index contributed by atoms with van der Waals surface area (Å²) in [6.45, 7) is 0.102. The number of amides is 2. The molecule has 1 aromatic rings. The van der Waals surface area contributed by atoms with E-state index in [4.69, 9.17) is 4.74 Å². The summed E-state index contributed by atoms with van der Waals surface area (Å²) < 4.78 is 42.9. The summed E-state index contributed by atoms with van der Waals surface area (Å²) in [5.41, 5.74) is 0.815. The van der Waals surface area contributed by atoms with Gasteiger partial charge in [-0.1, -0.05) is 30.3 Å². The van der Waals surface area contributed by atoms with Crippen LogP contribution in [0.4, 0.5) is 18.0 Å². The molecule has 9 heteroatoms. The van der Waals surface area contributed by atoms with Crippen molar-refractivity contribution in [3.8, 4) is 0 Å². The molecule has 1 atom stereocenters. The maximum absolute atomic E-state index is 13.5. The van der Waals surface area contributed by atoms with Gasteiger partial charge in [0.2, 0.25) is 12.0 Å². The number of ketones is 1. The first-order valence-corrected chi connectivity index (χ1v) is 7.60. The molecule has 1 aromatic carbocycles. The normalized spacial score (nSPS) is 15.8. The highest BCUT2D eigenvalue weighted by molar-refractivity contribution is 6.05. The molecule has 1 aliphatic rings. The zero-order chi connectivity index (χ0) is 18.4. The predicted octanol–water partition coefficient (Wildman–Crippen LogP) is 1.64. The number of alkyl halides is 3. The van der Waals surface area contributed by atoms with Crippen molar-refractivity contribution in [3.05, 3.63) is 35.9 Å². The van der Waals surface area contributed by atoms with Crippen LogP contribution in [-0.2, 0) is 20.9 Å². The smallest absolute Gasteiger partial charge is 0.410 e. The number of hydrogen-bond donors (Lipinski definition) is 0. The molecule has 0 bridgehead atoms. The molecule has 0 spiro atoms. The third-order valence-corrected chi connectivity index (χ3v) is 3.74. The van der Waals surface area contributed by atoms with Gasteiger partial charge in [0, 0.05) is 26.2 Å². The van der Waals surface area contributed by atoms with Crippen molar-refractivity contribution >= 4 is 17.8 Å². The minimum atomic E-state index is -3.53. The molecule has 1 unspecified atom stereocenters. The largest absolute Gasteiger partial charge is 0.445 e. The van der Waals surface area contributed by atoms with Gasteiger partial charge in [-0.3, -0.25) is 9.59 Å². The Labute approximate surface area is 142 Å². The van der Waals surface area contributed by atoms with Gasteiger partial charge >= 0.3 is 6.09 Å². The molecule has 25 heavy (non-hydrogen) atoms. The topological polar surface area (TPSA) is 66.9 Å². The van der Waals surface area contributed by atoms with E-state index < -0.39 is 30.4 Å². The van der Waals surface area contributed by atoms with Crippen LogP contribution in [0.25, 0.3) is 0 Å². The van der Waals surface area contributed by atoms with Crippen LogP contribution in [0.1, 0.15) is 5.56 Å². The van der Waals surface area contributed by atoms with Gasteiger partial charge in [0.25, 0.3) is 12.3 Å². The lowest BCUT2D eigenvalue weighted by molar-refractivity contribution is -0.148. The lowest BCUT2D eigenvalue weighted by Gasteiger charge is -2.34. The zero-order valence-corrected chi connectivity index (χ0v) is 13.2. The number of carbonyl (C=O) groups excluding carboxylic acids is 3. The maximum Gasteiger partial charge on any atom is 0.410 e. The molecule has 1 fully saturated rings. The Hall–Kier alpha value is -2.58. The number of halogens is 3. The molecule has 2 rings (SSSR count). The molecule has 0 saturated carbocycles. The van der Waals surface area contributed by atoms with Crippen molar-refractivity contribution < 1.29 is 32.3 Å². The SMILES string of the molecule is O=C(C(F)F)C(F)C(=O)N1CCN(C(=O)OCc2ccccc2)CC1. The molecule has 0 N–H and O–H groups in total. The molecule has 1 aliphatic heterocycles. The first kappa shape index (κ1) is 18.8. The van der Waals surface area contributed by atoms with E-state index in [0.717, 1.165) is 10.5 Å². The molecule has 0 aliphatic carbocycles. The Balaban J connectivity index is 1.79. The van der Waals surface area contributed by atoms with Crippen LogP contribution >= 0.6 is 0 Å². The first-order valence-electron chi connectivity index (χ1n) is 7.60. The van der Waals surface area contributed by atoms with Crippen molar-refractivity contribution in [2.24, 2.45) is 0 Å². The van der Waals surface area contributed by atoms with Crippen LogP contribution in [0.3, 0.4) is 0 Å². The standard InChI is InChI=1S/C16H17F3N2O4/c17-12(13(22)14(18)19)15(23)20-6-8-21(9-7-20)16(24)25-10-11-4-2-1-3-5-11/h1-5,12,14H,6-10H2. The monoisotopic (exact) mass is 358 g/mol. The lowest BCUT2D eigenvalue weighted by Crippen LogP contribution is -2.53. The van der Waals surface area contributed by atoms with Gasteiger partial charge in [-0.2, -0.15) is 0 Å². The highest BCUT2D eigenvalue weighted by Gasteiger charge is 2.37. The number of benzene rings is 1. The van der Waals surface area contributed by atoms with E-state index in [-0.39, 0.29) is 32.8 Å². The predicted molar refractivity (Wildman–Crippen MR) is 80.7 cm³/mol. The van der Waals surface area contributed by atoms with Crippen molar-refractivity contribution in [3.63, 3.8) is 0 Å². The van der Waals surface area contributed by atoms with Gasteiger partial charge in [0.15, 0.2) is 0 Å². The minimum absolute atomic E-state index is 0.0593. The van der Waals surface area contributed by atoms with Gasteiger partial charge in [-0.25, -0.2) is 18.0 Å². The van der Waals surface area contributed by atoms with Crippen LogP contribution in [-0.4, -0.2) is 66.4 Å². The minimum Gasteiger partial charge on any atom is -0.445 e. The molecular weight excluding hydrogens is 341 g/mol. The molecule has 6 nitrogen and oxygen atoms in total. The van der Waals surface area contributed by atoms with Gasteiger partial charge in [-0.05, 0) is 5.56 Å². The van der Waals surface area contributed by atoms with E-state index in [1.807, 2.05) is 18.2 Å². The molecule has 0 aromatic heterocycles. The fourth-order valence-corrected chi connectivity index (χ4v) is 2.31. The number of carbonyl (C=O) groups is 3. The average Bonchev–Trinajstić information content (AvgIpc) is 2.65. The number of Topliss-reactive ketones (excluding diaryl/α,β-unsaturated/α-hetero) is 1. The highest BCUT2D eigenvalue weighted by atomic mass is 19.3. The van der Waals surface area contributed by atoms with Crippen LogP contribution in [0.5, 0.6) is 0 Å². The third-order valence-electron chi connectivity index (χ3n) is 3.74. The summed E-state index contributed by atoms with van der Waals surface area (Å²) in [6.07, 6.45) is -7.00. The van der Waals surface area contributed by atoms with E-state index >= 15 is 0 Å². The summed E-state index contributed by atoms with van der Waals surface area (Å²) in [5, 5.41) is 0. The van der Waals surface area contributed by atoms with Gasteiger partial charge in [0.05, 0.1) is 0 Å². The maximum atomic E-state index is 13.5. The molecule has 1 saturated heterocycles. The molecule has 2 amide bonds. The highest BCUT2D eigenvalue weighted by Crippen LogP contribution is 2.11. The Morgan fingerprint density at radius 2 is 1.52 bits per heavy atom. The van der Waals surface area contributed by atoms with Crippen LogP contribution in [0, 0.1) is 0 Å². The first-order chi connectivity index (χ1) is 11.9. The zero-order valence-electron chi connectivity index (χ0n) is 13.2. The van der Waals surface area contributed by atoms with Gasteiger partial charge < -0.3 is 14.5 Å². The summed E-state index contributed by atoms with van der Waals surface area (Å²) in [4.78, 5) is 36.8. The fourth-order valence-electron chi connectivity index (χ4n) is 2.31. The quantitative estimate of drug-likeness (QED) is 0.751. The van der Waals surface area contributed by atoms with Crippen molar-refractivity contribution in [1.82, 2.24) is 9.80 Å². The molecule has 136 valence electrons. The summed E-state index contributed by atoms with van der Waals surface area (Å²) in [5.74, 6) is -3.35. The fraction of sp³-hybridized carbons (Fsp3) is 0.438. The van der Waals surface area contributed by atoms with E-state index in [0.29, 0.717) is 0 Å². The summed E-state index contributed by atoms with van der Waals surface area (Å²) >= 11 is 0. The summed E-state index contributed by atoms with van der Waals surface area (Å²) in [6, 6.07) is 9.04. The second-order valence-electron chi connectivity index (χ2n) is 5.42. The Morgan fingerprint density at radius 3 is 2.08 bits per heavy atom. The lowest BCUT2D eigenvalue weighted by atomic mass is 10.2. The Morgan fingerprint density at radius 1 is 0.960 bits per heavy atom. The second kappa shape index (κ2) is 8.50. The van der Waals surface area contributed by atoms with Crippen molar-refractivity contribution in [1.29, 1.82) is 0 Å². The number of piperazine rings is 1. The Kier molecular flexibility index (Phi) is 6.37. The number of ether oxygens (including phenoxy) is 1. The Bertz CT molecular complexity index is 619. The molecule has 1 heterocycles. The van der Waals surface area contributed by atoms with Crippen LogP contribution in [0.15, 0.2) is 30.3 Å². The van der Waals surface area contributed by atoms with E-state index in [9.17, 15) is 27.6 Å². The number of hydrogen-bond acceptors (Lipinski definition) is 4. The van der Waals surface area contributed by atoms with E-state index in [1.165, 1.54) is 4.90 Å². The van der Waals surface area contributed by atoms with Crippen molar-refractivity contribution in [2.75, 3.05) is 26.2 Å². The molecular formula is C16H17F3N2O4. The van der Waals surface area contributed by atoms with Gasteiger partial charge in [0.1, 0.15) is 6.61 Å². The van der Waals surface area contributed by atoms with Crippen LogP contribution in [0.2, 0.25) is 0 Å². The van der Waals surface area contributed by atoms with Crippen molar-refractivity contribution in [2.45, 2.75) is 19.2 Å². The van der Waals surface area contributed by atoms with Gasteiger partial charge in [-0.15, -0.1) is 0 Å². The van der Waals surface area contributed by atoms with E-state index in [2.05, 4.69) is 0 Å².